The molecule has 1 aromatic heterocycles. The fraction of sp³-hybridized carbons (Fsp3) is 0.444. The molecule has 0 spiro atoms. The van der Waals surface area contributed by atoms with E-state index in [0.717, 1.165) is 6.42 Å². The minimum atomic E-state index is -0.902. The van der Waals surface area contributed by atoms with E-state index in [1.165, 1.54) is 43.0 Å². The van der Waals surface area contributed by atoms with Crippen LogP contribution in [-0.4, -0.2) is 20.6 Å². The monoisotopic (exact) mass is 296 g/mol. The molecular formula is C18H20N2O2. The van der Waals surface area contributed by atoms with Crippen LogP contribution in [-0.2, 0) is 0 Å². The van der Waals surface area contributed by atoms with E-state index in [0.29, 0.717) is 11.8 Å². The van der Waals surface area contributed by atoms with Crippen molar-refractivity contribution in [3.05, 3.63) is 53.6 Å². The number of nitrogens with zero attached hydrogens (tertiary/aromatic N) is 2. The van der Waals surface area contributed by atoms with Gasteiger partial charge in [0.05, 0.1) is 18.6 Å². The number of rotatable bonds is 2. The van der Waals surface area contributed by atoms with Crippen molar-refractivity contribution in [3.8, 4) is 0 Å². The molecule has 3 atom stereocenters. The van der Waals surface area contributed by atoms with E-state index >= 15 is 0 Å². The molecular weight excluding hydrogens is 276 g/mol. The van der Waals surface area contributed by atoms with Crippen molar-refractivity contribution in [2.24, 2.45) is 5.92 Å². The van der Waals surface area contributed by atoms with Gasteiger partial charge in [-0.2, -0.15) is 0 Å². The van der Waals surface area contributed by atoms with E-state index in [4.69, 9.17) is 0 Å². The van der Waals surface area contributed by atoms with Crippen LogP contribution in [0.5, 0.6) is 0 Å². The van der Waals surface area contributed by atoms with Gasteiger partial charge in [-0.1, -0.05) is 37.1 Å². The fourth-order valence-corrected chi connectivity index (χ4v) is 4.45. The molecule has 4 rings (SSSR count). The molecule has 0 radical (unpaired) electrons. The van der Waals surface area contributed by atoms with Gasteiger partial charge in [-0.05, 0) is 42.2 Å². The quantitative estimate of drug-likeness (QED) is 0.915. The van der Waals surface area contributed by atoms with Crippen LogP contribution in [0.25, 0.3) is 0 Å². The summed E-state index contributed by atoms with van der Waals surface area (Å²) in [4.78, 5) is 15.5. The van der Waals surface area contributed by atoms with E-state index < -0.39 is 5.97 Å². The Morgan fingerprint density at radius 2 is 1.95 bits per heavy atom. The molecule has 1 aromatic carbocycles. The van der Waals surface area contributed by atoms with Crippen molar-refractivity contribution < 1.29 is 9.90 Å². The minimum Gasteiger partial charge on any atom is -0.477 e. The minimum absolute atomic E-state index is 0.101. The Morgan fingerprint density at radius 3 is 2.77 bits per heavy atom. The second-order valence-electron chi connectivity index (χ2n) is 6.52. The molecule has 0 saturated heterocycles. The van der Waals surface area contributed by atoms with Gasteiger partial charge in [0.1, 0.15) is 5.69 Å². The Morgan fingerprint density at radius 1 is 1.18 bits per heavy atom. The molecule has 0 amide bonds. The lowest BCUT2D eigenvalue weighted by molar-refractivity contribution is 0.0681. The highest BCUT2D eigenvalue weighted by atomic mass is 16.4. The first-order valence-electron chi connectivity index (χ1n) is 8.09. The summed E-state index contributed by atoms with van der Waals surface area (Å²) in [6.45, 7) is 0. The molecule has 1 saturated carbocycles. The highest BCUT2D eigenvalue weighted by Gasteiger charge is 2.37. The summed E-state index contributed by atoms with van der Waals surface area (Å²) >= 11 is 0. The maximum Gasteiger partial charge on any atom is 0.354 e. The van der Waals surface area contributed by atoms with Gasteiger partial charge in [-0.3, -0.25) is 0 Å². The predicted molar refractivity (Wildman–Crippen MR) is 83.1 cm³/mol. The number of hydrogen-bond donors (Lipinski definition) is 1. The molecule has 2 aliphatic carbocycles. The summed E-state index contributed by atoms with van der Waals surface area (Å²) in [7, 11) is 0. The standard InChI is InChI=1S/C18H20N2O2/c21-18(22)17-10-19-11-20(17)16-9-12-5-1-2-6-13(12)14-7-3-4-8-15(14)16/h3-4,7-8,10-13,16H,1-2,5-6,9H2,(H,21,22). The zero-order chi connectivity index (χ0) is 15.1. The van der Waals surface area contributed by atoms with Crippen LogP contribution in [0.3, 0.4) is 0 Å². The number of fused-ring (bicyclic) bond motifs is 3. The topological polar surface area (TPSA) is 55.1 Å². The van der Waals surface area contributed by atoms with Crippen LogP contribution < -0.4 is 0 Å². The van der Waals surface area contributed by atoms with Crippen molar-refractivity contribution in [3.63, 3.8) is 0 Å². The number of carboxylic acid groups (broad SMARTS) is 1. The Kier molecular flexibility index (Phi) is 3.25. The average molecular weight is 296 g/mol. The molecule has 4 nitrogen and oxygen atoms in total. The van der Waals surface area contributed by atoms with Crippen LogP contribution in [0.15, 0.2) is 36.8 Å². The van der Waals surface area contributed by atoms with E-state index in [2.05, 4.69) is 29.2 Å². The van der Waals surface area contributed by atoms with Gasteiger partial charge in [0, 0.05) is 0 Å². The zero-order valence-electron chi connectivity index (χ0n) is 12.5. The van der Waals surface area contributed by atoms with Gasteiger partial charge in [0.2, 0.25) is 0 Å². The highest BCUT2D eigenvalue weighted by molar-refractivity contribution is 5.85. The van der Waals surface area contributed by atoms with Crippen LogP contribution >= 0.6 is 0 Å². The van der Waals surface area contributed by atoms with Crippen LogP contribution in [0, 0.1) is 5.92 Å². The maximum absolute atomic E-state index is 11.5. The van der Waals surface area contributed by atoms with Gasteiger partial charge < -0.3 is 9.67 Å². The van der Waals surface area contributed by atoms with E-state index in [1.54, 1.807) is 6.33 Å². The Labute approximate surface area is 129 Å². The fourth-order valence-electron chi connectivity index (χ4n) is 4.45. The lowest BCUT2D eigenvalue weighted by Gasteiger charge is -2.41. The molecule has 4 heteroatoms. The number of hydrogen-bond acceptors (Lipinski definition) is 2. The summed E-state index contributed by atoms with van der Waals surface area (Å²) in [6.07, 6.45) is 9.29. The largest absolute Gasteiger partial charge is 0.477 e. The normalized spacial score (nSPS) is 27.0. The molecule has 1 fully saturated rings. The average Bonchev–Trinajstić information content (AvgIpc) is 3.04. The number of aromatic carboxylic acids is 1. The molecule has 114 valence electrons. The van der Waals surface area contributed by atoms with Crippen LogP contribution in [0.2, 0.25) is 0 Å². The molecule has 0 aliphatic heterocycles. The van der Waals surface area contributed by atoms with Gasteiger partial charge >= 0.3 is 5.97 Å². The third-order valence-corrected chi connectivity index (χ3v) is 5.41. The molecule has 3 unspecified atom stereocenters. The Hall–Kier alpha value is -2.10. The SMILES string of the molecule is O=C(O)c1cncn1C1CC2CCCCC2c2ccccc21. The van der Waals surface area contributed by atoms with Crippen molar-refractivity contribution in [1.29, 1.82) is 0 Å². The first-order valence-corrected chi connectivity index (χ1v) is 8.09. The second kappa shape index (κ2) is 5.27. The van der Waals surface area contributed by atoms with Crippen LogP contribution in [0.4, 0.5) is 0 Å². The van der Waals surface area contributed by atoms with Crippen molar-refractivity contribution in [1.82, 2.24) is 9.55 Å². The molecule has 2 aromatic rings. The van der Waals surface area contributed by atoms with Crippen molar-refractivity contribution in [2.45, 2.75) is 44.1 Å². The third-order valence-electron chi connectivity index (χ3n) is 5.41. The summed E-state index contributed by atoms with van der Waals surface area (Å²) in [6, 6.07) is 8.67. The first kappa shape index (κ1) is 13.6. The molecule has 1 heterocycles. The van der Waals surface area contributed by atoms with Crippen molar-refractivity contribution >= 4 is 5.97 Å². The first-order chi connectivity index (χ1) is 10.8. The summed E-state index contributed by atoms with van der Waals surface area (Å²) < 4.78 is 1.85. The maximum atomic E-state index is 11.5. The second-order valence-corrected chi connectivity index (χ2v) is 6.52. The van der Waals surface area contributed by atoms with Crippen LogP contribution in [0.1, 0.15) is 65.7 Å². The molecule has 22 heavy (non-hydrogen) atoms. The lowest BCUT2D eigenvalue weighted by atomic mass is 9.66. The van der Waals surface area contributed by atoms with Gasteiger partial charge in [0.25, 0.3) is 0 Å². The molecule has 2 aliphatic rings. The van der Waals surface area contributed by atoms with Gasteiger partial charge in [-0.25, -0.2) is 9.78 Å². The zero-order valence-corrected chi connectivity index (χ0v) is 12.5. The number of imidazole rings is 1. The van der Waals surface area contributed by atoms with Crippen molar-refractivity contribution in [2.75, 3.05) is 0 Å². The number of carbonyl (C=O) groups is 1. The van der Waals surface area contributed by atoms with E-state index in [-0.39, 0.29) is 11.7 Å². The highest BCUT2D eigenvalue weighted by Crippen LogP contribution is 2.49. The Bertz CT molecular complexity index is 707. The summed E-state index contributed by atoms with van der Waals surface area (Å²) in [5, 5.41) is 9.40. The lowest BCUT2D eigenvalue weighted by Crippen LogP contribution is -2.30. The summed E-state index contributed by atoms with van der Waals surface area (Å²) in [5.41, 5.74) is 2.99. The number of aromatic nitrogens is 2. The summed E-state index contributed by atoms with van der Waals surface area (Å²) in [5.74, 6) is 0.413. The smallest absolute Gasteiger partial charge is 0.354 e. The Balaban J connectivity index is 1.82. The molecule has 1 N–H and O–H groups in total. The van der Waals surface area contributed by atoms with E-state index in [1.807, 2.05) is 4.57 Å². The number of carboxylic acids is 1. The predicted octanol–water partition coefficient (Wildman–Crippen LogP) is 3.85. The van der Waals surface area contributed by atoms with Gasteiger partial charge in [-0.15, -0.1) is 0 Å². The van der Waals surface area contributed by atoms with E-state index in [9.17, 15) is 9.90 Å². The molecule has 0 bridgehead atoms. The number of benzene rings is 1. The third kappa shape index (κ3) is 2.05. The van der Waals surface area contributed by atoms with Gasteiger partial charge in [0.15, 0.2) is 0 Å².